The van der Waals surface area contributed by atoms with Crippen LogP contribution in [-0.2, 0) is 0 Å². The van der Waals surface area contributed by atoms with E-state index in [1.54, 1.807) is 7.11 Å². The van der Waals surface area contributed by atoms with E-state index in [4.69, 9.17) is 9.47 Å². The molecule has 0 amide bonds. The van der Waals surface area contributed by atoms with E-state index in [1.165, 1.54) is 6.26 Å². The standard InChI is InChI=1S/C9H10O2.Na.H/c1-3-11-9-6-4-8(10-2)5-7-9;;/h3-7H,1H2,2H3;;/q;+1;-1. The molecular formula is C9H11NaO2. The number of methoxy groups -OCH3 is 1. The summed E-state index contributed by atoms with van der Waals surface area (Å²) >= 11 is 0. The average Bonchev–Trinajstić information content (AvgIpc) is 2.07. The van der Waals surface area contributed by atoms with Crippen molar-refractivity contribution >= 4 is 0 Å². The summed E-state index contributed by atoms with van der Waals surface area (Å²) in [5.41, 5.74) is 0. The Morgan fingerprint density at radius 3 is 2.17 bits per heavy atom. The second kappa shape index (κ2) is 6.12. The van der Waals surface area contributed by atoms with Crippen molar-refractivity contribution in [3.63, 3.8) is 0 Å². The Morgan fingerprint density at radius 2 is 1.75 bits per heavy atom. The summed E-state index contributed by atoms with van der Waals surface area (Å²) in [6.45, 7) is 3.45. The fourth-order valence-electron chi connectivity index (χ4n) is 0.751. The van der Waals surface area contributed by atoms with Crippen LogP contribution < -0.4 is 39.0 Å². The van der Waals surface area contributed by atoms with Gasteiger partial charge in [0.1, 0.15) is 11.5 Å². The van der Waals surface area contributed by atoms with Crippen LogP contribution in [0.3, 0.4) is 0 Å². The maximum atomic E-state index is 5.01. The van der Waals surface area contributed by atoms with Crippen LogP contribution in [0.15, 0.2) is 37.1 Å². The second-order valence-corrected chi connectivity index (χ2v) is 1.96. The summed E-state index contributed by atoms with van der Waals surface area (Å²) in [4.78, 5) is 0. The Morgan fingerprint density at radius 1 is 1.25 bits per heavy atom. The van der Waals surface area contributed by atoms with Gasteiger partial charge in [0.15, 0.2) is 0 Å². The summed E-state index contributed by atoms with van der Waals surface area (Å²) in [6, 6.07) is 7.30. The molecule has 1 rings (SSSR count). The molecule has 0 fully saturated rings. The van der Waals surface area contributed by atoms with E-state index in [0.29, 0.717) is 0 Å². The molecule has 0 bridgehead atoms. The zero-order valence-corrected chi connectivity index (χ0v) is 9.41. The minimum absolute atomic E-state index is 0. The molecule has 0 spiro atoms. The van der Waals surface area contributed by atoms with Crippen molar-refractivity contribution in [1.82, 2.24) is 0 Å². The zero-order valence-electron chi connectivity index (χ0n) is 8.41. The predicted octanol–water partition coefficient (Wildman–Crippen LogP) is -0.666. The molecule has 0 atom stereocenters. The van der Waals surface area contributed by atoms with Crippen LogP contribution in [-0.4, -0.2) is 7.11 Å². The van der Waals surface area contributed by atoms with Gasteiger partial charge in [0.2, 0.25) is 0 Å². The number of ether oxygens (including phenoxy) is 2. The molecule has 0 aliphatic rings. The fourth-order valence-corrected chi connectivity index (χ4v) is 0.751. The molecule has 0 saturated heterocycles. The van der Waals surface area contributed by atoms with Gasteiger partial charge in [0, 0.05) is 0 Å². The molecule has 1 aromatic carbocycles. The third-order valence-corrected chi connectivity index (χ3v) is 1.28. The molecule has 0 aliphatic heterocycles. The first-order valence-electron chi connectivity index (χ1n) is 3.28. The van der Waals surface area contributed by atoms with Crippen molar-refractivity contribution in [3.8, 4) is 11.5 Å². The van der Waals surface area contributed by atoms with Crippen molar-refractivity contribution < 1.29 is 40.5 Å². The van der Waals surface area contributed by atoms with Crippen molar-refractivity contribution in [1.29, 1.82) is 0 Å². The van der Waals surface area contributed by atoms with Gasteiger partial charge >= 0.3 is 29.6 Å². The minimum Gasteiger partial charge on any atom is -1.00 e. The molecule has 0 radical (unpaired) electrons. The van der Waals surface area contributed by atoms with Crippen LogP contribution in [0.1, 0.15) is 1.43 Å². The van der Waals surface area contributed by atoms with Crippen molar-refractivity contribution in [2.75, 3.05) is 7.11 Å². The van der Waals surface area contributed by atoms with E-state index in [0.717, 1.165) is 11.5 Å². The van der Waals surface area contributed by atoms with Gasteiger partial charge in [-0.1, -0.05) is 6.58 Å². The van der Waals surface area contributed by atoms with Crippen LogP contribution in [0, 0.1) is 0 Å². The molecule has 0 N–H and O–H groups in total. The summed E-state index contributed by atoms with van der Waals surface area (Å²) in [5, 5.41) is 0. The Hall–Kier alpha value is -0.440. The molecule has 0 unspecified atom stereocenters. The molecule has 60 valence electrons. The molecule has 0 aliphatic carbocycles. The fraction of sp³-hybridized carbons (Fsp3) is 0.111. The van der Waals surface area contributed by atoms with Crippen LogP contribution in [0.4, 0.5) is 0 Å². The predicted molar refractivity (Wildman–Crippen MR) is 44.9 cm³/mol. The third kappa shape index (κ3) is 3.30. The van der Waals surface area contributed by atoms with E-state index < -0.39 is 0 Å². The monoisotopic (exact) mass is 174 g/mol. The number of hydrogen-bond acceptors (Lipinski definition) is 2. The normalized spacial score (nSPS) is 8.08. The molecule has 12 heavy (non-hydrogen) atoms. The first kappa shape index (κ1) is 11.6. The number of hydrogen-bond donors (Lipinski definition) is 0. The molecular weight excluding hydrogens is 163 g/mol. The third-order valence-electron chi connectivity index (χ3n) is 1.28. The van der Waals surface area contributed by atoms with Gasteiger partial charge < -0.3 is 10.9 Å². The number of rotatable bonds is 3. The van der Waals surface area contributed by atoms with E-state index in [-0.39, 0.29) is 31.0 Å². The van der Waals surface area contributed by atoms with Gasteiger partial charge in [0.25, 0.3) is 0 Å². The largest absolute Gasteiger partial charge is 1.00 e. The molecule has 3 heteroatoms. The summed E-state index contributed by atoms with van der Waals surface area (Å²) in [6.07, 6.45) is 1.39. The SMILES string of the molecule is C=COc1ccc(OC)cc1.[H-].[Na+]. The topological polar surface area (TPSA) is 18.5 Å². The summed E-state index contributed by atoms with van der Waals surface area (Å²) in [7, 11) is 1.63. The Balaban J connectivity index is 0. The van der Waals surface area contributed by atoms with Gasteiger partial charge in [0.05, 0.1) is 13.4 Å². The number of benzene rings is 1. The van der Waals surface area contributed by atoms with Gasteiger partial charge in [-0.25, -0.2) is 0 Å². The second-order valence-electron chi connectivity index (χ2n) is 1.96. The van der Waals surface area contributed by atoms with Crippen molar-refractivity contribution in [2.24, 2.45) is 0 Å². The quantitative estimate of drug-likeness (QED) is 0.447. The summed E-state index contributed by atoms with van der Waals surface area (Å²) in [5.74, 6) is 1.59. The van der Waals surface area contributed by atoms with E-state index in [2.05, 4.69) is 6.58 Å². The van der Waals surface area contributed by atoms with Gasteiger partial charge in [-0.3, -0.25) is 0 Å². The molecule has 0 saturated carbocycles. The zero-order chi connectivity index (χ0) is 8.10. The van der Waals surface area contributed by atoms with Crippen LogP contribution in [0.2, 0.25) is 0 Å². The first-order chi connectivity index (χ1) is 5.36. The maximum Gasteiger partial charge on any atom is 1.00 e. The van der Waals surface area contributed by atoms with Crippen LogP contribution in [0.25, 0.3) is 0 Å². The molecule has 0 aromatic heterocycles. The molecule has 0 heterocycles. The van der Waals surface area contributed by atoms with Crippen molar-refractivity contribution in [3.05, 3.63) is 37.1 Å². The Labute approximate surface area is 96.0 Å². The minimum atomic E-state index is 0. The van der Waals surface area contributed by atoms with Crippen LogP contribution in [0.5, 0.6) is 11.5 Å². The Bertz CT molecular complexity index is 236. The summed E-state index contributed by atoms with van der Waals surface area (Å²) < 4.78 is 9.98. The van der Waals surface area contributed by atoms with Crippen molar-refractivity contribution in [2.45, 2.75) is 0 Å². The van der Waals surface area contributed by atoms with Gasteiger partial charge in [-0.2, -0.15) is 0 Å². The molecule has 2 nitrogen and oxygen atoms in total. The molecule has 1 aromatic rings. The van der Waals surface area contributed by atoms with E-state index in [9.17, 15) is 0 Å². The van der Waals surface area contributed by atoms with Gasteiger partial charge in [-0.15, -0.1) is 0 Å². The Kier molecular flexibility index (Phi) is 5.89. The van der Waals surface area contributed by atoms with Crippen LogP contribution >= 0.6 is 0 Å². The smallest absolute Gasteiger partial charge is 1.00 e. The maximum absolute atomic E-state index is 5.01. The average molecular weight is 174 g/mol. The van der Waals surface area contributed by atoms with Gasteiger partial charge in [-0.05, 0) is 24.3 Å². The van der Waals surface area contributed by atoms with E-state index >= 15 is 0 Å². The van der Waals surface area contributed by atoms with E-state index in [1.807, 2.05) is 24.3 Å². The first-order valence-corrected chi connectivity index (χ1v) is 3.28.